The van der Waals surface area contributed by atoms with Gasteiger partial charge in [0, 0.05) is 10.6 Å². The van der Waals surface area contributed by atoms with E-state index < -0.39 is 0 Å². The lowest BCUT2D eigenvalue weighted by Crippen LogP contribution is -2.27. The molecule has 3 nitrogen and oxygen atoms in total. The third-order valence-corrected chi connectivity index (χ3v) is 7.50. The molecule has 0 unspecified atom stereocenters. The number of benzene rings is 3. The van der Waals surface area contributed by atoms with Crippen LogP contribution in [0.3, 0.4) is 0 Å². The highest BCUT2D eigenvalue weighted by Gasteiger charge is 2.36. The summed E-state index contributed by atoms with van der Waals surface area (Å²) in [5, 5.41) is 1.31. The van der Waals surface area contributed by atoms with Gasteiger partial charge in [0.25, 0.3) is 0 Å². The molecule has 2 heterocycles. The predicted octanol–water partition coefficient (Wildman–Crippen LogP) is 6.91. The van der Waals surface area contributed by atoms with Crippen LogP contribution in [-0.4, -0.2) is 16.6 Å². The van der Waals surface area contributed by atoms with Crippen molar-refractivity contribution < 1.29 is 4.79 Å². The Balaban J connectivity index is 1.62. The van der Waals surface area contributed by atoms with E-state index in [-0.39, 0.29) is 11.3 Å². The molecule has 1 atom stereocenters. The molecule has 1 amide bonds. The Morgan fingerprint density at radius 1 is 0.867 bits per heavy atom. The van der Waals surface area contributed by atoms with Crippen molar-refractivity contribution in [2.45, 2.75) is 5.37 Å². The topological polar surface area (TPSA) is 33.2 Å². The molecule has 0 saturated carbocycles. The number of hydrogen-bond acceptors (Lipinski definition) is 4. The Morgan fingerprint density at radius 3 is 2.17 bits per heavy atom. The molecule has 6 heteroatoms. The molecule has 1 aromatic heterocycles. The smallest absolute Gasteiger partial charge is 0.240 e. The van der Waals surface area contributed by atoms with Crippen molar-refractivity contribution in [3.8, 4) is 21.7 Å². The summed E-state index contributed by atoms with van der Waals surface area (Å²) in [4.78, 5) is 20.7. The summed E-state index contributed by atoms with van der Waals surface area (Å²) >= 11 is 9.25. The highest BCUT2D eigenvalue weighted by Crippen LogP contribution is 2.47. The fourth-order valence-corrected chi connectivity index (χ4v) is 5.98. The maximum atomic E-state index is 12.9. The first kappa shape index (κ1) is 19.4. The Hall–Kier alpha value is -2.60. The summed E-state index contributed by atoms with van der Waals surface area (Å²) in [6.07, 6.45) is 0. The molecular weight excluding hydrogens is 432 g/mol. The third-order valence-electron chi connectivity index (χ3n) is 4.93. The fraction of sp³-hybridized carbons (Fsp3) is 0.0833. The zero-order chi connectivity index (χ0) is 20.5. The number of hydrogen-bond donors (Lipinski definition) is 0. The predicted molar refractivity (Wildman–Crippen MR) is 127 cm³/mol. The maximum Gasteiger partial charge on any atom is 0.240 e. The van der Waals surface area contributed by atoms with Gasteiger partial charge in [0.05, 0.1) is 16.3 Å². The van der Waals surface area contributed by atoms with Crippen LogP contribution in [0.2, 0.25) is 5.02 Å². The van der Waals surface area contributed by atoms with Crippen LogP contribution in [0.25, 0.3) is 21.7 Å². The standard InChI is InChI=1S/C24H17ClN2OS2/c25-19-13-11-18(12-14-19)23-27(20(28)15-29-23)24-26-21(16-7-3-1-4-8-16)22(30-24)17-9-5-2-6-10-17/h1-14,23H,15H2/t23-/m1/s1. The molecule has 4 aromatic rings. The van der Waals surface area contributed by atoms with Crippen LogP contribution in [0.1, 0.15) is 10.9 Å². The Kier molecular flexibility index (Phi) is 5.34. The zero-order valence-corrected chi connectivity index (χ0v) is 18.3. The maximum absolute atomic E-state index is 12.9. The summed E-state index contributed by atoms with van der Waals surface area (Å²) < 4.78 is 0. The van der Waals surface area contributed by atoms with E-state index in [0.29, 0.717) is 10.8 Å². The lowest BCUT2D eigenvalue weighted by Gasteiger charge is -2.21. The fourth-order valence-electron chi connectivity index (χ4n) is 3.49. The van der Waals surface area contributed by atoms with E-state index in [1.807, 2.05) is 65.6 Å². The Morgan fingerprint density at radius 2 is 1.50 bits per heavy atom. The second-order valence-electron chi connectivity index (χ2n) is 6.88. The minimum absolute atomic E-state index is 0.0768. The molecule has 5 rings (SSSR count). The van der Waals surface area contributed by atoms with Crippen LogP contribution < -0.4 is 4.90 Å². The van der Waals surface area contributed by atoms with Crippen molar-refractivity contribution in [3.05, 3.63) is 95.5 Å². The molecule has 0 bridgehead atoms. The summed E-state index contributed by atoms with van der Waals surface area (Å²) in [6.45, 7) is 0. The van der Waals surface area contributed by atoms with Crippen molar-refractivity contribution in [1.29, 1.82) is 0 Å². The summed E-state index contributed by atoms with van der Waals surface area (Å²) in [5.41, 5.74) is 4.10. The average molecular weight is 449 g/mol. The van der Waals surface area contributed by atoms with Crippen LogP contribution in [-0.2, 0) is 4.79 Å². The molecule has 0 N–H and O–H groups in total. The van der Waals surface area contributed by atoms with Gasteiger partial charge in [0.15, 0.2) is 5.13 Å². The molecule has 0 spiro atoms. The average Bonchev–Trinajstić information content (AvgIpc) is 3.39. The number of amides is 1. The number of thiazole rings is 1. The van der Waals surface area contributed by atoms with Gasteiger partial charge in [-0.3, -0.25) is 9.69 Å². The number of thioether (sulfide) groups is 1. The molecular formula is C24H17ClN2OS2. The highest BCUT2D eigenvalue weighted by molar-refractivity contribution is 8.00. The van der Waals surface area contributed by atoms with Crippen molar-refractivity contribution in [2.75, 3.05) is 10.7 Å². The van der Waals surface area contributed by atoms with Gasteiger partial charge >= 0.3 is 0 Å². The zero-order valence-electron chi connectivity index (χ0n) is 15.9. The van der Waals surface area contributed by atoms with Crippen LogP contribution in [0.15, 0.2) is 84.9 Å². The Bertz CT molecular complexity index is 1120. The SMILES string of the molecule is O=C1CS[C@H](c2ccc(Cl)cc2)N1c1nc(-c2ccccc2)c(-c2ccccc2)s1. The van der Waals surface area contributed by atoms with Gasteiger partial charge in [-0.1, -0.05) is 95.7 Å². The minimum atomic E-state index is -0.104. The normalized spacial score (nSPS) is 16.2. The number of nitrogens with zero attached hydrogens (tertiary/aromatic N) is 2. The van der Waals surface area contributed by atoms with Gasteiger partial charge in [-0.2, -0.15) is 0 Å². The van der Waals surface area contributed by atoms with E-state index in [1.165, 1.54) is 0 Å². The number of halogens is 1. The van der Waals surface area contributed by atoms with E-state index in [0.717, 1.165) is 32.4 Å². The van der Waals surface area contributed by atoms with Gasteiger partial charge in [-0.15, -0.1) is 11.8 Å². The summed E-state index contributed by atoms with van der Waals surface area (Å²) in [5.74, 6) is 0.515. The van der Waals surface area contributed by atoms with Gasteiger partial charge < -0.3 is 0 Å². The first-order chi connectivity index (χ1) is 14.7. The molecule has 1 fully saturated rings. The Labute approximate surface area is 188 Å². The second kappa shape index (κ2) is 8.26. The lowest BCUT2D eigenvalue weighted by atomic mass is 10.1. The molecule has 3 aromatic carbocycles. The number of aromatic nitrogens is 1. The number of anilines is 1. The van der Waals surface area contributed by atoms with E-state index >= 15 is 0 Å². The number of carbonyl (C=O) groups is 1. The quantitative estimate of drug-likeness (QED) is 0.340. The van der Waals surface area contributed by atoms with Crippen molar-refractivity contribution in [1.82, 2.24) is 4.98 Å². The highest BCUT2D eigenvalue weighted by atomic mass is 35.5. The molecule has 0 radical (unpaired) electrons. The van der Waals surface area contributed by atoms with E-state index in [4.69, 9.17) is 16.6 Å². The monoisotopic (exact) mass is 448 g/mol. The van der Waals surface area contributed by atoms with Gasteiger partial charge in [0.2, 0.25) is 5.91 Å². The number of rotatable bonds is 4. The molecule has 1 saturated heterocycles. The molecule has 30 heavy (non-hydrogen) atoms. The van der Waals surface area contributed by atoms with Crippen molar-refractivity contribution >= 4 is 45.7 Å². The van der Waals surface area contributed by atoms with Gasteiger partial charge in [0.1, 0.15) is 5.37 Å². The minimum Gasteiger partial charge on any atom is -0.273 e. The van der Waals surface area contributed by atoms with Gasteiger partial charge in [-0.05, 0) is 23.3 Å². The summed E-state index contributed by atoms with van der Waals surface area (Å²) in [7, 11) is 0. The largest absolute Gasteiger partial charge is 0.273 e. The van der Waals surface area contributed by atoms with Crippen LogP contribution >= 0.6 is 34.7 Å². The molecule has 1 aliphatic rings. The van der Waals surface area contributed by atoms with E-state index in [2.05, 4.69) is 24.3 Å². The lowest BCUT2D eigenvalue weighted by molar-refractivity contribution is -0.115. The van der Waals surface area contributed by atoms with E-state index in [1.54, 1.807) is 23.1 Å². The molecule has 148 valence electrons. The van der Waals surface area contributed by atoms with Crippen LogP contribution in [0.5, 0.6) is 0 Å². The summed E-state index contributed by atoms with van der Waals surface area (Å²) in [6, 6.07) is 28.1. The first-order valence-corrected chi connectivity index (χ1v) is 11.8. The van der Waals surface area contributed by atoms with Gasteiger partial charge in [-0.25, -0.2) is 4.98 Å². The van der Waals surface area contributed by atoms with Crippen LogP contribution in [0, 0.1) is 0 Å². The van der Waals surface area contributed by atoms with Crippen LogP contribution in [0.4, 0.5) is 5.13 Å². The first-order valence-electron chi connectivity index (χ1n) is 9.51. The van der Waals surface area contributed by atoms with E-state index in [9.17, 15) is 4.79 Å². The third kappa shape index (κ3) is 3.65. The number of carbonyl (C=O) groups excluding carboxylic acids is 1. The molecule has 1 aliphatic heterocycles. The second-order valence-corrected chi connectivity index (χ2v) is 9.37. The van der Waals surface area contributed by atoms with Crippen molar-refractivity contribution in [3.63, 3.8) is 0 Å². The molecule has 0 aliphatic carbocycles. The van der Waals surface area contributed by atoms with Crippen molar-refractivity contribution in [2.24, 2.45) is 0 Å².